The molecule has 0 bridgehead atoms. The molecular formula is C21H21ClN4O3. The largest absolute Gasteiger partial charge is 0.495 e. The van der Waals surface area contributed by atoms with Gasteiger partial charge < -0.3 is 19.5 Å². The van der Waals surface area contributed by atoms with E-state index in [1.807, 2.05) is 30.3 Å². The third-order valence-corrected chi connectivity index (χ3v) is 5.24. The van der Waals surface area contributed by atoms with Crippen LogP contribution in [0.2, 0.25) is 5.02 Å². The molecule has 1 aliphatic rings. The summed E-state index contributed by atoms with van der Waals surface area (Å²) in [5.41, 5.74) is 1.48. The molecule has 1 saturated heterocycles. The average molecular weight is 413 g/mol. The maximum absolute atomic E-state index is 12.6. The number of hydrogen-bond donors (Lipinski definition) is 1. The number of carbonyl (C=O) groups excluding carboxylic acids is 1. The van der Waals surface area contributed by atoms with E-state index in [1.165, 1.54) is 0 Å². The minimum absolute atomic E-state index is 0.143. The van der Waals surface area contributed by atoms with Gasteiger partial charge in [0.15, 0.2) is 0 Å². The summed E-state index contributed by atoms with van der Waals surface area (Å²) in [7, 11) is 1.55. The average Bonchev–Trinajstić information content (AvgIpc) is 3.25. The number of anilines is 1. The van der Waals surface area contributed by atoms with Crippen LogP contribution < -0.4 is 10.1 Å². The first-order valence-electron chi connectivity index (χ1n) is 9.42. The Morgan fingerprint density at radius 3 is 2.69 bits per heavy atom. The SMILES string of the molecule is COc1ccc(Cl)cc1NC(=O)N1CCC(c2nc(-c3ccccc3)no2)CC1. The Morgan fingerprint density at radius 2 is 1.97 bits per heavy atom. The number of aromatic nitrogens is 2. The number of nitrogens with zero attached hydrogens (tertiary/aromatic N) is 3. The lowest BCUT2D eigenvalue weighted by atomic mass is 9.97. The summed E-state index contributed by atoms with van der Waals surface area (Å²) in [6.45, 7) is 1.20. The first-order chi connectivity index (χ1) is 14.1. The van der Waals surface area contributed by atoms with Gasteiger partial charge in [0.25, 0.3) is 0 Å². The maximum Gasteiger partial charge on any atom is 0.321 e. The molecule has 29 heavy (non-hydrogen) atoms. The molecule has 4 rings (SSSR count). The van der Waals surface area contributed by atoms with Crippen LogP contribution in [0.15, 0.2) is 53.1 Å². The van der Waals surface area contributed by atoms with E-state index in [9.17, 15) is 4.79 Å². The molecule has 3 aromatic rings. The number of benzene rings is 2. The fraction of sp³-hybridized carbons (Fsp3) is 0.286. The molecule has 1 aliphatic heterocycles. The molecule has 2 aromatic carbocycles. The number of carbonyl (C=O) groups is 1. The Labute approximate surface area is 173 Å². The van der Waals surface area contributed by atoms with E-state index >= 15 is 0 Å². The monoisotopic (exact) mass is 412 g/mol. The molecule has 1 fully saturated rings. The number of rotatable bonds is 4. The molecule has 0 aliphatic carbocycles. The Balaban J connectivity index is 1.37. The molecule has 0 spiro atoms. The number of urea groups is 1. The van der Waals surface area contributed by atoms with Crippen molar-refractivity contribution >= 4 is 23.3 Å². The second kappa shape index (κ2) is 8.53. The molecule has 0 unspecified atom stereocenters. The Kier molecular flexibility index (Phi) is 5.67. The molecule has 2 amide bonds. The second-order valence-electron chi connectivity index (χ2n) is 6.86. The molecular weight excluding hydrogens is 392 g/mol. The van der Waals surface area contributed by atoms with Crippen LogP contribution in [0.1, 0.15) is 24.7 Å². The van der Waals surface area contributed by atoms with Crippen LogP contribution in [0.3, 0.4) is 0 Å². The van der Waals surface area contributed by atoms with Crippen molar-refractivity contribution in [2.75, 3.05) is 25.5 Å². The van der Waals surface area contributed by atoms with Gasteiger partial charge in [0.2, 0.25) is 11.7 Å². The summed E-state index contributed by atoms with van der Waals surface area (Å²) in [6, 6.07) is 14.7. The second-order valence-corrected chi connectivity index (χ2v) is 7.29. The van der Waals surface area contributed by atoms with Crippen molar-refractivity contribution in [1.29, 1.82) is 0 Å². The van der Waals surface area contributed by atoms with Crippen molar-refractivity contribution < 1.29 is 14.1 Å². The highest BCUT2D eigenvalue weighted by molar-refractivity contribution is 6.31. The van der Waals surface area contributed by atoms with E-state index in [0.29, 0.717) is 41.3 Å². The predicted octanol–water partition coefficient (Wildman–Crippen LogP) is 4.81. The van der Waals surface area contributed by atoms with Gasteiger partial charge in [-0.3, -0.25) is 0 Å². The number of piperidine rings is 1. The van der Waals surface area contributed by atoms with Gasteiger partial charge in [-0.2, -0.15) is 4.98 Å². The van der Waals surface area contributed by atoms with Crippen molar-refractivity contribution in [3.8, 4) is 17.1 Å². The summed E-state index contributed by atoms with van der Waals surface area (Å²) in [5, 5.41) is 7.50. The van der Waals surface area contributed by atoms with E-state index in [-0.39, 0.29) is 11.9 Å². The quantitative estimate of drug-likeness (QED) is 0.665. The van der Waals surface area contributed by atoms with Crippen LogP contribution in [0.4, 0.5) is 10.5 Å². The van der Waals surface area contributed by atoms with Gasteiger partial charge in [0, 0.05) is 29.6 Å². The van der Waals surface area contributed by atoms with Crippen molar-refractivity contribution in [3.63, 3.8) is 0 Å². The van der Waals surface area contributed by atoms with Gasteiger partial charge in [-0.1, -0.05) is 47.1 Å². The zero-order valence-electron chi connectivity index (χ0n) is 16.0. The van der Waals surface area contributed by atoms with Crippen molar-refractivity contribution in [3.05, 3.63) is 59.4 Å². The number of amides is 2. The summed E-state index contributed by atoms with van der Waals surface area (Å²) >= 11 is 6.03. The molecule has 7 nitrogen and oxygen atoms in total. The summed E-state index contributed by atoms with van der Waals surface area (Å²) in [4.78, 5) is 19.0. The minimum Gasteiger partial charge on any atom is -0.495 e. The molecule has 0 radical (unpaired) electrons. The van der Waals surface area contributed by atoms with Gasteiger partial charge in [-0.15, -0.1) is 0 Å². The molecule has 0 saturated carbocycles. The topological polar surface area (TPSA) is 80.5 Å². The third kappa shape index (κ3) is 4.35. The van der Waals surface area contributed by atoms with Gasteiger partial charge in [0.05, 0.1) is 12.8 Å². The van der Waals surface area contributed by atoms with Gasteiger partial charge in [-0.25, -0.2) is 4.79 Å². The fourth-order valence-corrected chi connectivity index (χ4v) is 3.58. The van der Waals surface area contributed by atoms with Crippen molar-refractivity contribution in [1.82, 2.24) is 15.0 Å². The highest BCUT2D eigenvalue weighted by Crippen LogP contribution is 2.31. The lowest BCUT2D eigenvalue weighted by Crippen LogP contribution is -2.40. The van der Waals surface area contributed by atoms with Crippen LogP contribution in [-0.4, -0.2) is 41.3 Å². The number of nitrogens with one attached hydrogen (secondary N) is 1. The minimum atomic E-state index is -0.181. The fourth-order valence-electron chi connectivity index (χ4n) is 3.41. The van der Waals surface area contributed by atoms with E-state index in [2.05, 4.69) is 15.5 Å². The van der Waals surface area contributed by atoms with E-state index in [4.69, 9.17) is 20.9 Å². The lowest BCUT2D eigenvalue weighted by Gasteiger charge is -2.30. The van der Waals surface area contributed by atoms with Crippen LogP contribution in [-0.2, 0) is 0 Å². The molecule has 0 atom stereocenters. The summed E-state index contributed by atoms with van der Waals surface area (Å²) in [6.07, 6.45) is 1.52. The van der Waals surface area contributed by atoms with Crippen LogP contribution in [0, 0.1) is 0 Å². The van der Waals surface area contributed by atoms with Gasteiger partial charge >= 0.3 is 6.03 Å². The summed E-state index contributed by atoms with van der Waals surface area (Å²) in [5.74, 6) is 1.93. The highest BCUT2D eigenvalue weighted by atomic mass is 35.5. The normalized spacial score (nSPS) is 14.6. The lowest BCUT2D eigenvalue weighted by molar-refractivity contribution is 0.187. The Bertz CT molecular complexity index is 985. The smallest absolute Gasteiger partial charge is 0.321 e. The van der Waals surface area contributed by atoms with Crippen molar-refractivity contribution in [2.45, 2.75) is 18.8 Å². The van der Waals surface area contributed by atoms with E-state index < -0.39 is 0 Å². The van der Waals surface area contributed by atoms with Crippen LogP contribution in [0.5, 0.6) is 5.75 Å². The molecule has 150 valence electrons. The standard InChI is InChI=1S/C21H21ClN4O3/c1-28-18-8-7-16(22)13-17(18)23-21(27)26-11-9-15(10-12-26)20-24-19(25-29-20)14-5-3-2-4-6-14/h2-8,13,15H,9-12H2,1H3,(H,23,27). The Hall–Kier alpha value is -3.06. The maximum atomic E-state index is 12.6. The third-order valence-electron chi connectivity index (χ3n) is 5.01. The molecule has 1 N–H and O–H groups in total. The zero-order chi connectivity index (χ0) is 20.2. The van der Waals surface area contributed by atoms with Gasteiger partial charge in [-0.05, 0) is 31.0 Å². The zero-order valence-corrected chi connectivity index (χ0v) is 16.7. The van der Waals surface area contributed by atoms with Crippen LogP contribution in [0.25, 0.3) is 11.4 Å². The number of methoxy groups -OCH3 is 1. The first kappa shape index (κ1) is 19.3. The van der Waals surface area contributed by atoms with Crippen molar-refractivity contribution in [2.24, 2.45) is 0 Å². The summed E-state index contributed by atoms with van der Waals surface area (Å²) < 4.78 is 10.8. The van der Waals surface area contributed by atoms with E-state index in [0.717, 1.165) is 18.4 Å². The molecule has 8 heteroatoms. The molecule has 2 heterocycles. The molecule has 1 aromatic heterocycles. The number of ether oxygens (including phenoxy) is 1. The number of hydrogen-bond acceptors (Lipinski definition) is 5. The highest BCUT2D eigenvalue weighted by Gasteiger charge is 2.28. The number of likely N-dealkylation sites (tertiary alicyclic amines) is 1. The van der Waals surface area contributed by atoms with Crippen LogP contribution >= 0.6 is 11.6 Å². The first-order valence-corrected chi connectivity index (χ1v) is 9.80. The predicted molar refractivity (Wildman–Crippen MR) is 110 cm³/mol. The Morgan fingerprint density at radius 1 is 1.21 bits per heavy atom. The van der Waals surface area contributed by atoms with Gasteiger partial charge in [0.1, 0.15) is 5.75 Å². The van der Waals surface area contributed by atoms with E-state index in [1.54, 1.807) is 30.2 Å². The number of halogens is 1.